The summed E-state index contributed by atoms with van der Waals surface area (Å²) < 4.78 is 1.77. The smallest absolute Gasteiger partial charge is 0.274 e. The summed E-state index contributed by atoms with van der Waals surface area (Å²) in [5.41, 5.74) is 3.51. The molecular formula is C44H33N3O4S2. The van der Waals surface area contributed by atoms with Gasteiger partial charge in [-0.25, -0.2) is 4.68 Å². The maximum absolute atomic E-state index is 14.7. The first kappa shape index (κ1) is 32.0. The van der Waals surface area contributed by atoms with Crippen LogP contribution in [0.4, 0.5) is 0 Å². The minimum atomic E-state index is -0.394. The summed E-state index contributed by atoms with van der Waals surface area (Å²) in [6.07, 6.45) is 4.02. The topological polar surface area (TPSA) is 79.7 Å². The zero-order chi connectivity index (χ0) is 36.1. The molecule has 1 unspecified atom stereocenters. The van der Waals surface area contributed by atoms with Crippen molar-refractivity contribution in [2.45, 2.75) is 39.5 Å². The number of carbonyl (C=O) groups excluding carboxylic acids is 4. The minimum absolute atomic E-state index is 0.248. The van der Waals surface area contributed by atoms with E-state index < -0.39 is 11.8 Å². The van der Waals surface area contributed by atoms with Crippen LogP contribution in [0.3, 0.4) is 0 Å². The quantitative estimate of drug-likeness (QED) is 0.0841. The fraction of sp³-hybridized carbons (Fsp3) is 0.182. The molecule has 8 aromatic rings. The molecule has 5 heterocycles. The number of fused-ring (bicyclic) bond motifs is 2. The molecule has 0 fully saturated rings. The van der Waals surface area contributed by atoms with Crippen molar-refractivity contribution in [3.63, 3.8) is 0 Å². The number of hydrogen-bond acceptors (Lipinski definition) is 6. The van der Waals surface area contributed by atoms with Gasteiger partial charge in [0.15, 0.2) is 0 Å². The first-order valence-corrected chi connectivity index (χ1v) is 19.9. The van der Waals surface area contributed by atoms with E-state index in [1.807, 2.05) is 95.7 Å². The molecule has 9 heteroatoms. The Morgan fingerprint density at radius 2 is 1.00 bits per heavy atom. The van der Waals surface area contributed by atoms with Gasteiger partial charge in [-0.3, -0.25) is 24.1 Å². The van der Waals surface area contributed by atoms with Gasteiger partial charge in [-0.1, -0.05) is 69.5 Å². The molecule has 5 aromatic carbocycles. The second kappa shape index (κ2) is 11.9. The van der Waals surface area contributed by atoms with Gasteiger partial charge in [0.2, 0.25) is 0 Å². The molecule has 3 aromatic heterocycles. The molecule has 0 radical (unpaired) electrons. The number of amides is 4. The molecular weight excluding hydrogens is 699 g/mol. The summed E-state index contributed by atoms with van der Waals surface area (Å²) in [4.78, 5) is 60.9. The molecule has 260 valence electrons. The van der Waals surface area contributed by atoms with Crippen LogP contribution in [0.25, 0.3) is 64.2 Å². The van der Waals surface area contributed by atoms with Gasteiger partial charge in [-0.15, -0.1) is 22.7 Å². The van der Waals surface area contributed by atoms with Gasteiger partial charge in [0, 0.05) is 28.4 Å². The normalized spacial score (nSPS) is 15.0. The van der Waals surface area contributed by atoms with Crippen molar-refractivity contribution in [3.05, 3.63) is 118 Å². The zero-order valence-electron chi connectivity index (χ0n) is 29.1. The number of thiophene rings is 2. The highest BCUT2D eigenvalue weighted by molar-refractivity contribution is 7.14. The molecule has 7 nitrogen and oxygen atoms in total. The number of unbranched alkanes of at least 4 members (excludes halogenated alkanes) is 1. The van der Waals surface area contributed by atoms with Crippen LogP contribution in [0.15, 0.2) is 95.7 Å². The standard InChI is InChI=1S/C44H33N3O4S2/c1-3-5-8-24(4-2)23-45-41(48)29-15-11-25-27-13-17-31-40-32(18-14-28(38(27)40)26-12-16-30(42(45)49)39(29)37(25)26)44(51)47(43(31)50)46-33(35-9-6-21-52-35)19-20-34(46)36-10-7-22-53-36/h6-7,9-22,24H,3-5,8,23H2,1-2H3. The second-order valence-corrected chi connectivity index (χ2v) is 16.0. The molecule has 0 saturated carbocycles. The van der Waals surface area contributed by atoms with Crippen LogP contribution < -0.4 is 5.01 Å². The van der Waals surface area contributed by atoms with Crippen molar-refractivity contribution in [1.29, 1.82) is 0 Å². The van der Waals surface area contributed by atoms with Gasteiger partial charge < -0.3 is 0 Å². The van der Waals surface area contributed by atoms with Crippen LogP contribution in [0.1, 0.15) is 81.0 Å². The van der Waals surface area contributed by atoms with E-state index in [2.05, 4.69) is 13.8 Å². The Balaban J connectivity index is 1.15. The number of imide groups is 2. The minimum Gasteiger partial charge on any atom is -0.274 e. The Kier molecular flexibility index (Phi) is 7.22. The highest BCUT2D eigenvalue weighted by atomic mass is 32.1. The first-order valence-electron chi connectivity index (χ1n) is 18.2. The summed E-state index contributed by atoms with van der Waals surface area (Å²) in [5, 5.41) is 11.8. The predicted molar refractivity (Wildman–Crippen MR) is 214 cm³/mol. The predicted octanol–water partition coefficient (Wildman–Crippen LogP) is 10.7. The van der Waals surface area contributed by atoms with Crippen molar-refractivity contribution >= 4 is 89.4 Å². The fourth-order valence-electron chi connectivity index (χ4n) is 8.69. The van der Waals surface area contributed by atoms with Crippen LogP contribution in [-0.2, 0) is 0 Å². The van der Waals surface area contributed by atoms with Gasteiger partial charge in [0.05, 0.1) is 32.3 Å². The largest absolute Gasteiger partial charge is 0.280 e. The number of nitrogens with zero attached hydrogens (tertiary/aromatic N) is 3. The molecule has 2 aliphatic rings. The molecule has 0 bridgehead atoms. The van der Waals surface area contributed by atoms with Crippen LogP contribution >= 0.6 is 22.7 Å². The summed E-state index contributed by atoms with van der Waals surface area (Å²) in [5.74, 6) is -1.03. The molecule has 0 spiro atoms. The van der Waals surface area contributed by atoms with Gasteiger partial charge >= 0.3 is 0 Å². The molecule has 53 heavy (non-hydrogen) atoms. The van der Waals surface area contributed by atoms with Crippen LogP contribution in [0.2, 0.25) is 0 Å². The Bertz CT molecular complexity index is 2660. The number of hydrogen-bond donors (Lipinski definition) is 0. The Morgan fingerprint density at radius 1 is 0.547 bits per heavy atom. The Morgan fingerprint density at radius 3 is 1.40 bits per heavy atom. The summed E-state index contributed by atoms with van der Waals surface area (Å²) in [6, 6.07) is 27.1. The zero-order valence-corrected chi connectivity index (χ0v) is 30.8. The van der Waals surface area contributed by atoms with E-state index in [1.54, 1.807) is 27.3 Å². The number of benzene rings is 5. The lowest BCUT2D eigenvalue weighted by atomic mass is 9.82. The average Bonchev–Trinajstić information content (AvgIpc) is 3.98. The van der Waals surface area contributed by atoms with Gasteiger partial charge in [-0.05, 0) is 104 Å². The third-order valence-electron chi connectivity index (χ3n) is 11.3. The van der Waals surface area contributed by atoms with E-state index in [0.29, 0.717) is 39.6 Å². The van der Waals surface area contributed by atoms with Crippen molar-refractivity contribution in [3.8, 4) is 21.1 Å². The molecule has 1 atom stereocenters. The maximum atomic E-state index is 14.7. The third kappa shape index (κ3) is 4.44. The van der Waals surface area contributed by atoms with E-state index in [4.69, 9.17) is 0 Å². The fourth-order valence-corrected chi connectivity index (χ4v) is 10.2. The molecule has 4 amide bonds. The molecule has 10 rings (SSSR count). The first-order chi connectivity index (χ1) is 25.9. The van der Waals surface area contributed by atoms with E-state index in [9.17, 15) is 19.2 Å². The number of rotatable bonds is 9. The van der Waals surface area contributed by atoms with Crippen LogP contribution in [0, 0.1) is 5.92 Å². The lowest BCUT2D eigenvalue weighted by Gasteiger charge is -2.32. The lowest BCUT2D eigenvalue weighted by molar-refractivity contribution is 0.0579. The Labute approximate surface area is 313 Å². The van der Waals surface area contributed by atoms with Gasteiger partial charge in [-0.2, -0.15) is 5.01 Å². The lowest BCUT2D eigenvalue weighted by Crippen LogP contribution is -2.48. The molecule has 2 aliphatic heterocycles. The maximum Gasteiger partial charge on any atom is 0.280 e. The molecule has 0 N–H and O–H groups in total. The van der Waals surface area contributed by atoms with E-state index in [0.717, 1.165) is 79.1 Å². The van der Waals surface area contributed by atoms with E-state index >= 15 is 0 Å². The SMILES string of the molecule is CCCCC(CC)CN1C(=O)c2ccc3c4ccc5c6c(ccc(c7ccc(c2c37)C1=O)c64)C(=O)N(n1c(-c2cccs2)ccc1-c1cccs1)C5=O. The molecule has 0 aliphatic carbocycles. The number of carbonyl (C=O) groups is 4. The molecule has 0 saturated heterocycles. The second-order valence-electron chi connectivity index (χ2n) is 14.1. The van der Waals surface area contributed by atoms with E-state index in [-0.39, 0.29) is 17.7 Å². The van der Waals surface area contributed by atoms with Crippen molar-refractivity contribution in [2.75, 3.05) is 11.6 Å². The monoisotopic (exact) mass is 731 g/mol. The average molecular weight is 732 g/mol. The highest BCUT2D eigenvalue weighted by Gasteiger charge is 2.39. The summed E-state index contributed by atoms with van der Waals surface area (Å²) >= 11 is 3.11. The van der Waals surface area contributed by atoms with Crippen molar-refractivity contribution in [1.82, 2.24) is 9.58 Å². The van der Waals surface area contributed by atoms with Crippen molar-refractivity contribution < 1.29 is 19.2 Å². The summed E-state index contributed by atoms with van der Waals surface area (Å²) in [6.45, 7) is 4.69. The number of aromatic nitrogens is 1. The summed E-state index contributed by atoms with van der Waals surface area (Å²) in [7, 11) is 0. The van der Waals surface area contributed by atoms with Gasteiger partial charge in [0.25, 0.3) is 23.6 Å². The van der Waals surface area contributed by atoms with E-state index in [1.165, 1.54) is 9.91 Å². The third-order valence-corrected chi connectivity index (χ3v) is 13.1. The highest BCUT2D eigenvalue weighted by Crippen LogP contribution is 2.47. The van der Waals surface area contributed by atoms with Crippen molar-refractivity contribution in [2.24, 2.45) is 5.92 Å². The van der Waals surface area contributed by atoms with Crippen LogP contribution in [-0.4, -0.2) is 39.7 Å². The van der Waals surface area contributed by atoms with Crippen LogP contribution in [0.5, 0.6) is 0 Å². The Hall–Kier alpha value is -5.64. The van der Waals surface area contributed by atoms with Gasteiger partial charge in [0.1, 0.15) is 0 Å².